The number of nitrogens with zero attached hydrogens (tertiary/aromatic N) is 4. The highest BCUT2D eigenvalue weighted by molar-refractivity contribution is 5.91. The van der Waals surface area contributed by atoms with Crippen molar-refractivity contribution < 1.29 is 31.5 Å². The van der Waals surface area contributed by atoms with Crippen LogP contribution in [0, 0.1) is 0 Å². The Labute approximate surface area is 183 Å². The van der Waals surface area contributed by atoms with Crippen LogP contribution in [0.25, 0.3) is 11.0 Å². The van der Waals surface area contributed by atoms with Crippen LogP contribution in [0.1, 0.15) is 41.1 Å². The average molecular weight is 473 g/mol. The normalized spacial score (nSPS) is 11.8. The van der Waals surface area contributed by atoms with E-state index in [-0.39, 0.29) is 25.3 Å². The lowest BCUT2D eigenvalue weighted by atomic mass is 10.2. The van der Waals surface area contributed by atoms with Gasteiger partial charge in [-0.2, -0.15) is 23.1 Å². The van der Waals surface area contributed by atoms with E-state index in [1.54, 1.807) is 18.2 Å². The van der Waals surface area contributed by atoms with Crippen molar-refractivity contribution in [3.05, 3.63) is 41.5 Å². The van der Waals surface area contributed by atoms with Gasteiger partial charge in [0.25, 0.3) is 5.91 Å². The Kier molecular flexibility index (Phi) is 7.55. The second-order valence-corrected chi connectivity index (χ2v) is 7.12. The van der Waals surface area contributed by atoms with Crippen molar-refractivity contribution in [3.63, 3.8) is 0 Å². The zero-order chi connectivity index (χ0) is 24.0. The minimum atomic E-state index is -4.39. The molecule has 14 heteroatoms. The number of halogens is 5. The number of aromatic nitrogens is 5. The SMILES string of the molecule is O=C(CCC(F)(F)F)NCc1ccc2nc(CNC(=O)c3cnn(CCC(F)F)n3)[nH]c2c1. The highest BCUT2D eigenvalue weighted by Crippen LogP contribution is 2.21. The molecule has 0 fully saturated rings. The fourth-order valence-corrected chi connectivity index (χ4v) is 2.82. The van der Waals surface area contributed by atoms with Gasteiger partial charge in [-0.05, 0) is 17.7 Å². The standard InChI is InChI=1S/C19H20F5N7O2/c20-15(21)4-6-31-27-9-14(30-31)18(33)26-10-16-28-12-2-1-11(7-13(12)29-16)8-25-17(32)3-5-19(22,23)24/h1-2,7,9,15H,3-6,8,10H2,(H,25,32)(H,26,33)(H,28,29). The molecule has 3 rings (SSSR count). The molecule has 0 radical (unpaired) electrons. The molecule has 0 unspecified atom stereocenters. The van der Waals surface area contributed by atoms with Crippen molar-refractivity contribution in [3.8, 4) is 0 Å². The summed E-state index contributed by atoms with van der Waals surface area (Å²) in [4.78, 5) is 32.1. The molecular formula is C19H20F5N7O2. The Morgan fingerprint density at radius 2 is 1.94 bits per heavy atom. The van der Waals surface area contributed by atoms with E-state index in [4.69, 9.17) is 0 Å². The van der Waals surface area contributed by atoms with Crippen LogP contribution < -0.4 is 10.6 Å². The first-order valence-corrected chi connectivity index (χ1v) is 9.86. The Morgan fingerprint density at radius 1 is 1.15 bits per heavy atom. The lowest BCUT2D eigenvalue weighted by molar-refractivity contribution is -0.144. The Bertz CT molecular complexity index is 1110. The van der Waals surface area contributed by atoms with Gasteiger partial charge in [-0.3, -0.25) is 9.59 Å². The van der Waals surface area contributed by atoms with E-state index in [9.17, 15) is 31.5 Å². The summed E-state index contributed by atoms with van der Waals surface area (Å²) in [5, 5.41) is 12.6. The van der Waals surface area contributed by atoms with Crippen LogP contribution >= 0.6 is 0 Å². The van der Waals surface area contributed by atoms with E-state index in [0.29, 0.717) is 22.4 Å². The summed E-state index contributed by atoms with van der Waals surface area (Å²) >= 11 is 0. The maximum atomic E-state index is 12.2. The first-order valence-electron chi connectivity index (χ1n) is 9.86. The smallest absolute Gasteiger partial charge is 0.352 e. The van der Waals surface area contributed by atoms with Crippen molar-refractivity contribution in [2.24, 2.45) is 0 Å². The highest BCUT2D eigenvalue weighted by atomic mass is 19.4. The van der Waals surface area contributed by atoms with Crippen molar-refractivity contribution in [2.45, 2.75) is 51.5 Å². The summed E-state index contributed by atoms with van der Waals surface area (Å²) in [6.07, 6.45) is -7.95. The molecule has 0 aliphatic carbocycles. The molecule has 0 atom stereocenters. The lowest BCUT2D eigenvalue weighted by Crippen LogP contribution is -2.24. The highest BCUT2D eigenvalue weighted by Gasteiger charge is 2.27. The van der Waals surface area contributed by atoms with Crippen LogP contribution in [-0.4, -0.2) is 49.4 Å². The van der Waals surface area contributed by atoms with E-state index < -0.39 is 43.7 Å². The molecule has 2 heterocycles. The quantitative estimate of drug-likeness (QED) is 0.392. The predicted octanol–water partition coefficient (Wildman–Crippen LogP) is 2.70. The molecule has 0 saturated carbocycles. The van der Waals surface area contributed by atoms with Crippen LogP contribution in [0.3, 0.4) is 0 Å². The van der Waals surface area contributed by atoms with Gasteiger partial charge < -0.3 is 15.6 Å². The number of amides is 2. The Hall–Kier alpha value is -3.58. The molecule has 3 N–H and O–H groups in total. The van der Waals surface area contributed by atoms with Crippen molar-refractivity contribution in [1.82, 2.24) is 35.6 Å². The molecule has 1 aromatic carbocycles. The number of nitrogens with one attached hydrogen (secondary N) is 3. The maximum absolute atomic E-state index is 12.2. The Morgan fingerprint density at radius 3 is 2.67 bits per heavy atom. The van der Waals surface area contributed by atoms with Gasteiger partial charge in [0, 0.05) is 19.4 Å². The number of hydrogen-bond acceptors (Lipinski definition) is 5. The van der Waals surface area contributed by atoms with Crippen LogP contribution in [0.15, 0.2) is 24.4 Å². The summed E-state index contributed by atoms with van der Waals surface area (Å²) in [7, 11) is 0. The second kappa shape index (κ2) is 10.4. The number of alkyl halides is 5. The van der Waals surface area contributed by atoms with Crippen molar-refractivity contribution in [1.29, 1.82) is 0 Å². The number of carbonyl (C=O) groups is 2. The molecule has 2 amide bonds. The van der Waals surface area contributed by atoms with E-state index in [2.05, 4.69) is 30.8 Å². The molecular weight excluding hydrogens is 453 g/mol. The fourth-order valence-electron chi connectivity index (χ4n) is 2.82. The minimum absolute atomic E-state index is 0.0241. The van der Waals surface area contributed by atoms with Crippen LogP contribution in [0.2, 0.25) is 0 Å². The van der Waals surface area contributed by atoms with Gasteiger partial charge in [-0.25, -0.2) is 13.8 Å². The first kappa shape index (κ1) is 24.1. The van der Waals surface area contributed by atoms with Gasteiger partial charge in [0.2, 0.25) is 12.3 Å². The molecule has 33 heavy (non-hydrogen) atoms. The molecule has 2 aromatic heterocycles. The van der Waals surface area contributed by atoms with Crippen LogP contribution in [0.4, 0.5) is 22.0 Å². The summed E-state index contributed by atoms with van der Waals surface area (Å²) in [6, 6.07) is 5.03. The van der Waals surface area contributed by atoms with Crippen LogP contribution in [-0.2, 0) is 24.4 Å². The number of aromatic amines is 1. The topological polar surface area (TPSA) is 118 Å². The minimum Gasteiger partial charge on any atom is -0.352 e. The first-order chi connectivity index (χ1) is 15.6. The third-order valence-electron chi connectivity index (χ3n) is 4.45. The average Bonchev–Trinajstić information content (AvgIpc) is 3.39. The van der Waals surface area contributed by atoms with Gasteiger partial charge in [-0.15, -0.1) is 5.10 Å². The number of aryl methyl sites for hydroxylation is 1. The summed E-state index contributed by atoms with van der Waals surface area (Å²) in [6.45, 7) is -0.0283. The molecule has 0 aliphatic rings. The lowest BCUT2D eigenvalue weighted by Gasteiger charge is -2.07. The number of hydrogen-bond donors (Lipinski definition) is 3. The van der Waals surface area contributed by atoms with Gasteiger partial charge in [0.1, 0.15) is 5.82 Å². The Balaban J connectivity index is 1.52. The number of imidazole rings is 1. The zero-order valence-electron chi connectivity index (χ0n) is 17.1. The number of carbonyl (C=O) groups excluding carboxylic acids is 2. The molecule has 0 bridgehead atoms. The van der Waals surface area contributed by atoms with Crippen molar-refractivity contribution >= 4 is 22.8 Å². The maximum Gasteiger partial charge on any atom is 0.389 e. The van der Waals surface area contributed by atoms with Gasteiger partial charge >= 0.3 is 6.18 Å². The molecule has 178 valence electrons. The molecule has 9 nitrogen and oxygen atoms in total. The summed E-state index contributed by atoms with van der Waals surface area (Å²) < 4.78 is 61.0. The van der Waals surface area contributed by atoms with Crippen molar-refractivity contribution in [2.75, 3.05) is 0 Å². The van der Waals surface area contributed by atoms with Crippen LogP contribution in [0.5, 0.6) is 0 Å². The van der Waals surface area contributed by atoms with Gasteiger partial charge in [0.05, 0.1) is 36.7 Å². The molecule has 0 spiro atoms. The number of H-pyrrole nitrogens is 1. The van der Waals surface area contributed by atoms with E-state index in [0.717, 1.165) is 4.80 Å². The fraction of sp³-hybridized carbons (Fsp3) is 0.421. The van der Waals surface area contributed by atoms with E-state index in [1.807, 2.05) is 0 Å². The number of fused-ring (bicyclic) bond motifs is 1. The third kappa shape index (κ3) is 7.50. The zero-order valence-corrected chi connectivity index (χ0v) is 17.1. The molecule has 0 aliphatic heterocycles. The largest absolute Gasteiger partial charge is 0.389 e. The summed E-state index contributed by atoms with van der Waals surface area (Å²) in [5.74, 6) is -0.831. The van der Waals surface area contributed by atoms with E-state index in [1.165, 1.54) is 6.20 Å². The van der Waals surface area contributed by atoms with Gasteiger partial charge in [-0.1, -0.05) is 6.07 Å². The molecule has 0 saturated heterocycles. The number of rotatable bonds is 10. The predicted molar refractivity (Wildman–Crippen MR) is 105 cm³/mol. The third-order valence-corrected chi connectivity index (χ3v) is 4.45. The monoisotopic (exact) mass is 473 g/mol. The number of benzene rings is 1. The summed E-state index contributed by atoms with van der Waals surface area (Å²) in [5.41, 5.74) is 1.83. The second-order valence-electron chi connectivity index (χ2n) is 7.12. The van der Waals surface area contributed by atoms with E-state index >= 15 is 0 Å². The molecule has 3 aromatic rings. The van der Waals surface area contributed by atoms with Gasteiger partial charge in [0.15, 0.2) is 5.69 Å².